The molecule has 0 aromatic heterocycles. The molecule has 1 unspecified atom stereocenters. The SMILES string of the molecule is Br.CCCCCCCCCCCCCCCCCCOC(=O)C(CCC)C(N)(CCC)CCC. The van der Waals surface area contributed by atoms with Crippen LogP contribution in [0.2, 0.25) is 0 Å². The average molecular weight is 549 g/mol. The lowest BCUT2D eigenvalue weighted by molar-refractivity contribution is -0.152. The van der Waals surface area contributed by atoms with Gasteiger partial charge < -0.3 is 10.5 Å². The highest BCUT2D eigenvalue weighted by Gasteiger charge is 2.38. The minimum Gasteiger partial charge on any atom is -0.465 e. The van der Waals surface area contributed by atoms with Crippen LogP contribution < -0.4 is 5.73 Å². The van der Waals surface area contributed by atoms with Gasteiger partial charge in [-0.05, 0) is 25.7 Å². The van der Waals surface area contributed by atoms with E-state index >= 15 is 0 Å². The van der Waals surface area contributed by atoms with Crippen LogP contribution in [0, 0.1) is 5.92 Å². The predicted octanol–water partition coefficient (Wildman–Crippen LogP) is 10.1. The van der Waals surface area contributed by atoms with E-state index in [0.717, 1.165) is 44.9 Å². The van der Waals surface area contributed by atoms with Crippen molar-refractivity contribution < 1.29 is 9.53 Å². The summed E-state index contributed by atoms with van der Waals surface area (Å²) in [7, 11) is 0. The zero-order chi connectivity index (χ0) is 24.6. The molecule has 0 aliphatic heterocycles. The highest BCUT2D eigenvalue weighted by atomic mass is 79.9. The standard InChI is InChI=1S/C30H61NO2.BrH/c1-5-9-10-11-12-13-14-15-16-17-18-19-20-21-22-23-27-33-29(32)28(24-6-2)30(31,25-7-3)26-8-4;/h28H,5-27,31H2,1-4H3;1H. The van der Waals surface area contributed by atoms with Crippen molar-refractivity contribution in [2.45, 2.75) is 174 Å². The van der Waals surface area contributed by atoms with Gasteiger partial charge in [-0.1, -0.05) is 143 Å². The van der Waals surface area contributed by atoms with Gasteiger partial charge in [0.1, 0.15) is 0 Å². The molecular weight excluding hydrogens is 486 g/mol. The fraction of sp³-hybridized carbons (Fsp3) is 0.967. The summed E-state index contributed by atoms with van der Waals surface area (Å²) in [6, 6.07) is 0. The van der Waals surface area contributed by atoms with Crippen molar-refractivity contribution in [3.63, 3.8) is 0 Å². The summed E-state index contributed by atoms with van der Waals surface area (Å²) < 4.78 is 5.70. The third-order valence-electron chi connectivity index (χ3n) is 7.23. The predicted molar refractivity (Wildman–Crippen MR) is 156 cm³/mol. The number of rotatable bonds is 25. The number of hydrogen-bond donors (Lipinski definition) is 1. The number of unbranched alkanes of at least 4 members (excludes halogenated alkanes) is 15. The van der Waals surface area contributed by atoms with Crippen LogP contribution in [0.1, 0.15) is 169 Å². The van der Waals surface area contributed by atoms with E-state index in [1.807, 2.05) is 0 Å². The molecule has 0 fully saturated rings. The second kappa shape index (κ2) is 26.0. The topological polar surface area (TPSA) is 52.3 Å². The number of carbonyl (C=O) groups excluding carboxylic acids is 1. The van der Waals surface area contributed by atoms with Gasteiger partial charge in [-0.2, -0.15) is 0 Å². The van der Waals surface area contributed by atoms with Crippen LogP contribution in [-0.2, 0) is 9.53 Å². The Morgan fingerprint density at radius 2 is 1.00 bits per heavy atom. The van der Waals surface area contributed by atoms with E-state index in [0.29, 0.717) is 6.61 Å². The summed E-state index contributed by atoms with van der Waals surface area (Å²) in [5, 5.41) is 0. The molecule has 0 aliphatic rings. The number of carbonyl (C=O) groups is 1. The van der Waals surface area contributed by atoms with Gasteiger partial charge in [-0.25, -0.2) is 0 Å². The molecule has 0 aliphatic carbocycles. The van der Waals surface area contributed by atoms with E-state index in [1.165, 1.54) is 96.3 Å². The summed E-state index contributed by atoms with van der Waals surface area (Å²) >= 11 is 0. The lowest BCUT2D eigenvalue weighted by Crippen LogP contribution is -2.50. The largest absolute Gasteiger partial charge is 0.465 e. The fourth-order valence-corrected chi connectivity index (χ4v) is 5.26. The van der Waals surface area contributed by atoms with Crippen molar-refractivity contribution in [1.29, 1.82) is 0 Å². The Labute approximate surface area is 224 Å². The van der Waals surface area contributed by atoms with Crippen molar-refractivity contribution >= 4 is 23.0 Å². The second-order valence-electron chi connectivity index (χ2n) is 10.5. The number of ether oxygens (including phenoxy) is 1. The monoisotopic (exact) mass is 547 g/mol. The van der Waals surface area contributed by atoms with Crippen molar-refractivity contribution in [2.24, 2.45) is 11.7 Å². The highest BCUT2D eigenvalue weighted by molar-refractivity contribution is 8.93. The summed E-state index contributed by atoms with van der Waals surface area (Å²) in [4.78, 5) is 12.8. The van der Waals surface area contributed by atoms with Crippen LogP contribution in [0.25, 0.3) is 0 Å². The first-order valence-electron chi connectivity index (χ1n) is 15.0. The Kier molecular flexibility index (Phi) is 27.6. The zero-order valence-corrected chi connectivity index (χ0v) is 25.4. The molecule has 0 aromatic carbocycles. The highest BCUT2D eigenvalue weighted by Crippen LogP contribution is 2.30. The molecule has 3 nitrogen and oxygen atoms in total. The van der Waals surface area contributed by atoms with Gasteiger partial charge in [-0.15, -0.1) is 17.0 Å². The minimum absolute atomic E-state index is 0. The first kappa shape index (κ1) is 36.1. The van der Waals surface area contributed by atoms with Gasteiger partial charge >= 0.3 is 5.97 Å². The molecule has 0 saturated carbocycles. The smallest absolute Gasteiger partial charge is 0.310 e. The Morgan fingerprint density at radius 3 is 1.35 bits per heavy atom. The molecule has 0 rings (SSSR count). The molecule has 2 N–H and O–H groups in total. The van der Waals surface area contributed by atoms with E-state index in [9.17, 15) is 4.79 Å². The van der Waals surface area contributed by atoms with Gasteiger partial charge in [0, 0.05) is 5.54 Å². The number of halogens is 1. The normalized spacial score (nSPS) is 12.4. The third kappa shape index (κ3) is 19.1. The molecule has 0 bridgehead atoms. The molecule has 4 heteroatoms. The van der Waals surface area contributed by atoms with Crippen LogP contribution in [0.4, 0.5) is 0 Å². The maximum atomic E-state index is 12.8. The van der Waals surface area contributed by atoms with Gasteiger partial charge in [-0.3, -0.25) is 4.79 Å². The van der Waals surface area contributed by atoms with Crippen LogP contribution in [0.15, 0.2) is 0 Å². The maximum Gasteiger partial charge on any atom is 0.310 e. The maximum absolute atomic E-state index is 12.8. The molecule has 206 valence electrons. The Balaban J connectivity index is 0. The lowest BCUT2D eigenvalue weighted by atomic mass is 9.75. The van der Waals surface area contributed by atoms with Crippen molar-refractivity contribution in [2.75, 3.05) is 6.61 Å². The van der Waals surface area contributed by atoms with Crippen LogP contribution >= 0.6 is 17.0 Å². The first-order valence-corrected chi connectivity index (χ1v) is 15.0. The molecule has 0 amide bonds. The van der Waals surface area contributed by atoms with Gasteiger partial charge in [0.05, 0.1) is 12.5 Å². The number of hydrogen-bond acceptors (Lipinski definition) is 3. The summed E-state index contributed by atoms with van der Waals surface area (Å²) in [6.07, 6.45) is 27.4. The molecule has 1 atom stereocenters. The van der Waals surface area contributed by atoms with E-state index in [2.05, 4.69) is 27.7 Å². The van der Waals surface area contributed by atoms with Crippen LogP contribution in [-0.4, -0.2) is 18.1 Å². The van der Waals surface area contributed by atoms with Crippen LogP contribution in [0.5, 0.6) is 0 Å². The van der Waals surface area contributed by atoms with Crippen molar-refractivity contribution in [3.8, 4) is 0 Å². The molecule has 34 heavy (non-hydrogen) atoms. The molecule has 0 spiro atoms. The zero-order valence-electron chi connectivity index (χ0n) is 23.6. The lowest BCUT2D eigenvalue weighted by Gasteiger charge is -2.36. The summed E-state index contributed by atoms with van der Waals surface area (Å²) in [6.45, 7) is 9.29. The van der Waals surface area contributed by atoms with Gasteiger partial charge in [0.15, 0.2) is 0 Å². The fourth-order valence-electron chi connectivity index (χ4n) is 5.26. The van der Waals surface area contributed by atoms with E-state index < -0.39 is 5.54 Å². The Hall–Kier alpha value is -0.0900. The average Bonchev–Trinajstić information content (AvgIpc) is 2.79. The Bertz CT molecular complexity index is 424. The molecule has 0 saturated heterocycles. The minimum atomic E-state index is -0.398. The number of esters is 1. The van der Waals surface area contributed by atoms with Crippen LogP contribution in [0.3, 0.4) is 0 Å². The third-order valence-corrected chi connectivity index (χ3v) is 7.23. The van der Waals surface area contributed by atoms with E-state index in [-0.39, 0.29) is 28.9 Å². The molecule has 0 radical (unpaired) electrons. The molecule has 0 aromatic rings. The first-order chi connectivity index (χ1) is 16.1. The summed E-state index contributed by atoms with van der Waals surface area (Å²) in [5.74, 6) is -0.203. The Morgan fingerprint density at radius 1 is 0.618 bits per heavy atom. The molecule has 0 heterocycles. The molecular formula is C30H62BrNO2. The quantitative estimate of drug-likeness (QED) is 0.0912. The van der Waals surface area contributed by atoms with E-state index in [4.69, 9.17) is 10.5 Å². The van der Waals surface area contributed by atoms with Gasteiger partial charge in [0.2, 0.25) is 0 Å². The van der Waals surface area contributed by atoms with E-state index in [1.54, 1.807) is 0 Å². The summed E-state index contributed by atoms with van der Waals surface area (Å²) in [5.41, 5.74) is 6.32. The van der Waals surface area contributed by atoms with Crippen molar-refractivity contribution in [3.05, 3.63) is 0 Å². The second-order valence-corrected chi connectivity index (χ2v) is 10.5. The number of nitrogens with two attached hydrogens (primary N) is 1. The van der Waals surface area contributed by atoms with Gasteiger partial charge in [0.25, 0.3) is 0 Å². The van der Waals surface area contributed by atoms with Crippen molar-refractivity contribution in [1.82, 2.24) is 0 Å².